The van der Waals surface area contributed by atoms with E-state index in [1.807, 2.05) is 19.0 Å². The maximum absolute atomic E-state index is 13.2. The van der Waals surface area contributed by atoms with Crippen LogP contribution in [0.25, 0.3) is 0 Å². The third kappa shape index (κ3) is 6.37. The number of nitrogens with one attached hydrogen (secondary N) is 4. The Labute approximate surface area is 194 Å². The molecule has 2 aromatic carbocycles. The van der Waals surface area contributed by atoms with Crippen molar-refractivity contribution >= 4 is 40.7 Å². The number of benzene rings is 2. The Morgan fingerprint density at radius 1 is 1.00 bits per heavy atom. The van der Waals surface area contributed by atoms with Crippen molar-refractivity contribution in [1.29, 1.82) is 0 Å². The molecule has 11 heteroatoms. The number of imidazole rings is 1. The van der Waals surface area contributed by atoms with Crippen molar-refractivity contribution in [3.8, 4) is 0 Å². The number of anilines is 2. The Balaban J connectivity index is 1.61. The molecular weight excluding hydrogens is 451 g/mol. The molecular formula is C22H22ClFN6O3. The number of H-pyrrole nitrogens is 1. The average Bonchev–Trinajstić information content (AvgIpc) is 3.25. The van der Waals surface area contributed by atoms with E-state index in [4.69, 9.17) is 11.6 Å². The Kier molecular flexibility index (Phi) is 7.75. The number of aromatic amines is 1. The Morgan fingerprint density at radius 3 is 2.24 bits per heavy atom. The molecule has 0 aliphatic carbocycles. The molecule has 0 fully saturated rings. The summed E-state index contributed by atoms with van der Waals surface area (Å²) in [6.07, 6.45) is 1.27. The minimum Gasteiger partial charge on any atom is -0.349 e. The molecule has 172 valence electrons. The fourth-order valence-corrected chi connectivity index (χ4v) is 3.07. The lowest BCUT2D eigenvalue weighted by Crippen LogP contribution is -2.32. The van der Waals surface area contributed by atoms with Gasteiger partial charge in [0.15, 0.2) is 5.69 Å². The second-order valence-corrected chi connectivity index (χ2v) is 7.70. The number of aromatic nitrogens is 2. The molecule has 3 aromatic rings. The van der Waals surface area contributed by atoms with Crippen LogP contribution in [0.1, 0.15) is 31.3 Å². The van der Waals surface area contributed by atoms with E-state index in [0.29, 0.717) is 24.5 Å². The van der Waals surface area contributed by atoms with E-state index in [1.165, 1.54) is 12.4 Å². The van der Waals surface area contributed by atoms with Crippen molar-refractivity contribution in [3.05, 3.63) is 76.6 Å². The molecule has 1 aromatic heterocycles. The van der Waals surface area contributed by atoms with E-state index in [9.17, 15) is 18.8 Å². The zero-order valence-electron chi connectivity index (χ0n) is 17.9. The second kappa shape index (κ2) is 10.7. The fraction of sp³-hybridized carbons (Fsp3) is 0.182. The van der Waals surface area contributed by atoms with Gasteiger partial charge in [-0.2, -0.15) is 0 Å². The van der Waals surface area contributed by atoms with Gasteiger partial charge >= 0.3 is 0 Å². The van der Waals surface area contributed by atoms with Crippen LogP contribution in [0.15, 0.2) is 48.8 Å². The smallest absolute Gasteiger partial charge is 0.276 e. The summed E-state index contributed by atoms with van der Waals surface area (Å²) in [7, 11) is 3.77. The summed E-state index contributed by atoms with van der Waals surface area (Å²) in [6, 6.07) is 9.78. The van der Waals surface area contributed by atoms with Gasteiger partial charge in [-0.1, -0.05) is 11.6 Å². The number of hydrogen-bond acceptors (Lipinski definition) is 5. The standard InChI is InChI=1S/C22H22ClFN6O3/c1-30(2)10-9-25-21(32)18-19(27-12-26-18)22(33)29-15-6-4-14(5-7-15)28-20(31)16-8-3-13(24)11-17(16)23/h3-8,11-12H,9-10H2,1-2H3,(H,25,32)(H,26,27)(H,28,31)(H,29,33). The number of nitrogens with zero attached hydrogens (tertiary/aromatic N) is 2. The lowest BCUT2D eigenvalue weighted by molar-refractivity contribution is 0.0933. The minimum absolute atomic E-state index is 0.00283. The second-order valence-electron chi connectivity index (χ2n) is 7.30. The molecule has 0 aliphatic heterocycles. The molecule has 0 radical (unpaired) electrons. The van der Waals surface area contributed by atoms with E-state index in [1.54, 1.807) is 24.3 Å². The summed E-state index contributed by atoms with van der Waals surface area (Å²) in [6.45, 7) is 1.07. The molecule has 0 unspecified atom stereocenters. The van der Waals surface area contributed by atoms with Gasteiger partial charge in [0.25, 0.3) is 17.7 Å². The van der Waals surface area contributed by atoms with Crippen molar-refractivity contribution in [1.82, 2.24) is 20.2 Å². The molecule has 4 N–H and O–H groups in total. The van der Waals surface area contributed by atoms with Crippen molar-refractivity contribution in [2.45, 2.75) is 0 Å². The maximum atomic E-state index is 13.2. The van der Waals surface area contributed by atoms with E-state index in [-0.39, 0.29) is 22.0 Å². The molecule has 0 saturated heterocycles. The number of halogens is 2. The highest BCUT2D eigenvalue weighted by atomic mass is 35.5. The van der Waals surface area contributed by atoms with Gasteiger partial charge in [-0.3, -0.25) is 14.4 Å². The normalized spacial score (nSPS) is 10.7. The van der Waals surface area contributed by atoms with E-state index in [0.717, 1.165) is 12.1 Å². The first-order chi connectivity index (χ1) is 15.7. The molecule has 0 atom stereocenters. The Bertz CT molecular complexity index is 1160. The highest BCUT2D eigenvalue weighted by molar-refractivity contribution is 6.34. The van der Waals surface area contributed by atoms with Crippen LogP contribution in [-0.4, -0.2) is 59.8 Å². The molecule has 33 heavy (non-hydrogen) atoms. The Hall–Kier alpha value is -3.76. The summed E-state index contributed by atoms with van der Waals surface area (Å²) in [5.41, 5.74) is 1.02. The van der Waals surface area contributed by atoms with Crippen LogP contribution in [0.4, 0.5) is 15.8 Å². The lowest BCUT2D eigenvalue weighted by Gasteiger charge is -2.11. The first-order valence-electron chi connectivity index (χ1n) is 9.88. The van der Waals surface area contributed by atoms with Gasteiger partial charge in [-0.25, -0.2) is 9.37 Å². The number of likely N-dealkylation sites (N-methyl/N-ethyl adjacent to an activating group) is 1. The van der Waals surface area contributed by atoms with Crippen LogP contribution >= 0.6 is 11.6 Å². The summed E-state index contributed by atoms with van der Waals surface area (Å²) in [5.74, 6) is -2.04. The Morgan fingerprint density at radius 2 is 1.64 bits per heavy atom. The van der Waals surface area contributed by atoms with Crippen molar-refractivity contribution < 1.29 is 18.8 Å². The summed E-state index contributed by atoms with van der Waals surface area (Å²) < 4.78 is 13.2. The largest absolute Gasteiger partial charge is 0.349 e. The molecule has 3 rings (SSSR count). The molecule has 1 heterocycles. The SMILES string of the molecule is CN(C)CCNC(=O)c1[nH]cnc1C(=O)Nc1ccc(NC(=O)c2ccc(F)cc2Cl)cc1. The predicted octanol–water partition coefficient (Wildman–Crippen LogP) is 3.00. The maximum Gasteiger partial charge on any atom is 0.276 e. The van der Waals surface area contributed by atoms with Gasteiger partial charge in [0.05, 0.1) is 16.9 Å². The van der Waals surface area contributed by atoms with Gasteiger partial charge in [0, 0.05) is 24.5 Å². The third-order valence-corrected chi connectivity index (χ3v) is 4.82. The van der Waals surface area contributed by atoms with Crippen molar-refractivity contribution in [2.24, 2.45) is 0 Å². The molecule has 0 bridgehead atoms. The predicted molar refractivity (Wildman–Crippen MR) is 123 cm³/mol. The quantitative estimate of drug-likeness (QED) is 0.402. The number of carbonyl (C=O) groups excluding carboxylic acids is 3. The van der Waals surface area contributed by atoms with Crippen LogP contribution in [0.2, 0.25) is 5.02 Å². The summed E-state index contributed by atoms with van der Waals surface area (Å²) in [5, 5.41) is 8.02. The molecule has 0 spiro atoms. The monoisotopic (exact) mass is 472 g/mol. The first kappa shape index (κ1) is 23.9. The van der Waals surface area contributed by atoms with Crippen molar-refractivity contribution in [3.63, 3.8) is 0 Å². The van der Waals surface area contributed by atoms with Crippen LogP contribution in [0.5, 0.6) is 0 Å². The van der Waals surface area contributed by atoms with Crippen molar-refractivity contribution in [2.75, 3.05) is 37.8 Å². The highest BCUT2D eigenvalue weighted by Crippen LogP contribution is 2.20. The van der Waals surface area contributed by atoms with Crippen LogP contribution in [-0.2, 0) is 0 Å². The molecule has 0 aliphatic rings. The van der Waals surface area contributed by atoms with Gasteiger partial charge < -0.3 is 25.8 Å². The molecule has 0 saturated carbocycles. The van der Waals surface area contributed by atoms with Gasteiger partial charge in [-0.05, 0) is 56.6 Å². The summed E-state index contributed by atoms with van der Waals surface area (Å²) >= 11 is 5.91. The van der Waals surface area contributed by atoms with Gasteiger partial charge in [0.2, 0.25) is 0 Å². The van der Waals surface area contributed by atoms with Crippen LogP contribution in [0.3, 0.4) is 0 Å². The summed E-state index contributed by atoms with van der Waals surface area (Å²) in [4.78, 5) is 45.8. The first-order valence-corrected chi connectivity index (χ1v) is 10.3. The highest BCUT2D eigenvalue weighted by Gasteiger charge is 2.20. The third-order valence-electron chi connectivity index (χ3n) is 4.50. The van der Waals surface area contributed by atoms with Crippen LogP contribution in [0, 0.1) is 5.82 Å². The minimum atomic E-state index is -0.566. The lowest BCUT2D eigenvalue weighted by atomic mass is 10.2. The average molecular weight is 473 g/mol. The number of rotatable bonds is 8. The molecule has 9 nitrogen and oxygen atoms in total. The van der Waals surface area contributed by atoms with Gasteiger partial charge in [0.1, 0.15) is 11.5 Å². The van der Waals surface area contributed by atoms with E-state index >= 15 is 0 Å². The number of amides is 3. The number of carbonyl (C=O) groups is 3. The van der Waals surface area contributed by atoms with E-state index in [2.05, 4.69) is 25.9 Å². The fourth-order valence-electron chi connectivity index (χ4n) is 2.82. The zero-order chi connectivity index (χ0) is 24.0. The van der Waals surface area contributed by atoms with E-state index < -0.39 is 23.5 Å². The zero-order valence-corrected chi connectivity index (χ0v) is 18.7. The topological polar surface area (TPSA) is 119 Å². The molecule has 3 amide bonds. The van der Waals surface area contributed by atoms with Crippen LogP contribution < -0.4 is 16.0 Å². The van der Waals surface area contributed by atoms with Gasteiger partial charge in [-0.15, -0.1) is 0 Å². The number of hydrogen-bond donors (Lipinski definition) is 4.